The van der Waals surface area contributed by atoms with Crippen molar-refractivity contribution in [2.45, 2.75) is 0 Å². The van der Waals surface area contributed by atoms with Gasteiger partial charge in [-0.15, -0.1) is 0 Å². The Balaban J connectivity index is 3.47. The van der Waals surface area contributed by atoms with Gasteiger partial charge in [0, 0.05) is 5.02 Å². The van der Waals surface area contributed by atoms with Crippen molar-refractivity contribution in [3.63, 3.8) is 0 Å². The standard InChI is InChI=1S/C8H6ClNO4/c9-3-1-4(7(11)12)6(10)5(2-3)8(13)14/h1-2H,10H2,(H,11,12)(H,13,14). The maximum absolute atomic E-state index is 10.6. The Hall–Kier alpha value is -1.75. The summed E-state index contributed by atoms with van der Waals surface area (Å²) in [7, 11) is 0. The predicted octanol–water partition coefficient (Wildman–Crippen LogP) is 1.32. The maximum atomic E-state index is 10.6. The molecule has 14 heavy (non-hydrogen) atoms. The zero-order chi connectivity index (χ0) is 10.9. The molecule has 0 fully saturated rings. The van der Waals surface area contributed by atoms with E-state index in [9.17, 15) is 9.59 Å². The van der Waals surface area contributed by atoms with Crippen LogP contribution in [0.25, 0.3) is 0 Å². The average Bonchev–Trinajstić information content (AvgIpc) is 2.07. The zero-order valence-corrected chi connectivity index (χ0v) is 7.58. The molecule has 0 amide bonds. The number of hydrogen-bond acceptors (Lipinski definition) is 3. The van der Waals surface area contributed by atoms with Crippen molar-refractivity contribution in [2.24, 2.45) is 0 Å². The Labute approximate surface area is 83.7 Å². The summed E-state index contributed by atoms with van der Waals surface area (Å²) in [4.78, 5) is 21.2. The van der Waals surface area contributed by atoms with Crippen LogP contribution in [0.3, 0.4) is 0 Å². The first-order valence-electron chi connectivity index (χ1n) is 3.49. The second-order valence-corrected chi connectivity index (χ2v) is 2.96. The van der Waals surface area contributed by atoms with Crippen LogP contribution in [0.4, 0.5) is 5.69 Å². The predicted molar refractivity (Wildman–Crippen MR) is 49.8 cm³/mol. The molecule has 0 aliphatic carbocycles. The van der Waals surface area contributed by atoms with E-state index in [1.807, 2.05) is 0 Å². The number of aromatic carboxylic acids is 2. The fourth-order valence-electron chi connectivity index (χ4n) is 0.972. The van der Waals surface area contributed by atoms with E-state index in [2.05, 4.69) is 0 Å². The number of carboxylic acid groups (broad SMARTS) is 2. The minimum absolute atomic E-state index is 0.0222. The molecule has 0 saturated carbocycles. The van der Waals surface area contributed by atoms with Crippen LogP contribution in [0.15, 0.2) is 12.1 Å². The van der Waals surface area contributed by atoms with Gasteiger partial charge < -0.3 is 15.9 Å². The fourth-order valence-corrected chi connectivity index (χ4v) is 1.19. The number of halogens is 1. The summed E-state index contributed by atoms with van der Waals surface area (Å²) in [5.74, 6) is -2.62. The molecular formula is C8H6ClNO4. The van der Waals surface area contributed by atoms with Gasteiger partial charge in [-0.2, -0.15) is 0 Å². The first-order valence-corrected chi connectivity index (χ1v) is 3.87. The summed E-state index contributed by atoms with van der Waals surface area (Å²) >= 11 is 5.53. The lowest BCUT2D eigenvalue weighted by Crippen LogP contribution is -2.09. The van der Waals surface area contributed by atoms with E-state index >= 15 is 0 Å². The largest absolute Gasteiger partial charge is 0.478 e. The normalized spacial score (nSPS) is 9.79. The Morgan fingerprint density at radius 2 is 1.50 bits per heavy atom. The number of carboxylic acids is 2. The van der Waals surface area contributed by atoms with Gasteiger partial charge >= 0.3 is 11.9 Å². The van der Waals surface area contributed by atoms with Gasteiger partial charge in [-0.25, -0.2) is 9.59 Å². The van der Waals surface area contributed by atoms with Crippen LogP contribution in [-0.2, 0) is 0 Å². The minimum atomic E-state index is -1.31. The topological polar surface area (TPSA) is 101 Å². The van der Waals surface area contributed by atoms with Gasteiger partial charge in [0.15, 0.2) is 0 Å². The van der Waals surface area contributed by atoms with Crippen LogP contribution in [0.2, 0.25) is 5.02 Å². The van der Waals surface area contributed by atoms with Crippen molar-refractivity contribution >= 4 is 29.2 Å². The average molecular weight is 216 g/mol. The van der Waals surface area contributed by atoms with Crippen LogP contribution in [0.1, 0.15) is 20.7 Å². The highest BCUT2D eigenvalue weighted by molar-refractivity contribution is 6.31. The first-order chi connectivity index (χ1) is 6.43. The number of nitrogens with two attached hydrogens (primary N) is 1. The highest BCUT2D eigenvalue weighted by atomic mass is 35.5. The van der Waals surface area contributed by atoms with Crippen LogP contribution < -0.4 is 5.73 Å². The molecule has 0 radical (unpaired) electrons. The van der Waals surface area contributed by atoms with Crippen LogP contribution >= 0.6 is 11.6 Å². The summed E-state index contributed by atoms with van der Waals surface area (Å²) in [5.41, 5.74) is 4.42. The summed E-state index contributed by atoms with van der Waals surface area (Å²) < 4.78 is 0. The third-order valence-electron chi connectivity index (χ3n) is 1.61. The van der Waals surface area contributed by atoms with E-state index in [1.165, 1.54) is 0 Å². The quantitative estimate of drug-likeness (QED) is 0.646. The molecule has 0 aliphatic heterocycles. The number of carbonyl (C=O) groups is 2. The molecule has 0 aromatic heterocycles. The molecule has 6 heteroatoms. The molecule has 74 valence electrons. The minimum Gasteiger partial charge on any atom is -0.478 e. The van der Waals surface area contributed by atoms with Crippen molar-refractivity contribution in [1.29, 1.82) is 0 Å². The van der Waals surface area contributed by atoms with Crippen molar-refractivity contribution in [3.05, 3.63) is 28.3 Å². The summed E-state index contributed by atoms with van der Waals surface area (Å²) in [6.07, 6.45) is 0. The van der Waals surface area contributed by atoms with Crippen LogP contribution in [0.5, 0.6) is 0 Å². The number of benzene rings is 1. The molecule has 1 aromatic carbocycles. The number of anilines is 1. The lowest BCUT2D eigenvalue weighted by atomic mass is 10.1. The second-order valence-electron chi connectivity index (χ2n) is 2.52. The van der Waals surface area contributed by atoms with E-state index in [-0.39, 0.29) is 21.8 Å². The molecule has 1 aromatic rings. The molecule has 1 rings (SSSR count). The summed E-state index contributed by atoms with van der Waals surface area (Å²) in [6, 6.07) is 2.21. The smallest absolute Gasteiger partial charge is 0.337 e. The Morgan fingerprint density at radius 3 is 1.79 bits per heavy atom. The molecule has 0 atom stereocenters. The number of rotatable bonds is 2. The highest BCUT2D eigenvalue weighted by Gasteiger charge is 2.17. The molecule has 0 bridgehead atoms. The van der Waals surface area contributed by atoms with E-state index in [1.54, 1.807) is 0 Å². The SMILES string of the molecule is Nc1c(C(=O)O)cc(Cl)cc1C(=O)O. The van der Waals surface area contributed by atoms with Crippen LogP contribution in [0, 0.1) is 0 Å². The van der Waals surface area contributed by atoms with Crippen molar-refractivity contribution in [3.8, 4) is 0 Å². The van der Waals surface area contributed by atoms with Gasteiger partial charge in [0.1, 0.15) is 0 Å². The molecule has 0 aliphatic rings. The fraction of sp³-hybridized carbons (Fsp3) is 0. The highest BCUT2D eigenvalue weighted by Crippen LogP contribution is 2.23. The van der Waals surface area contributed by atoms with Crippen molar-refractivity contribution in [2.75, 3.05) is 5.73 Å². The van der Waals surface area contributed by atoms with Gasteiger partial charge in [0.05, 0.1) is 16.8 Å². The second kappa shape index (κ2) is 3.55. The van der Waals surface area contributed by atoms with E-state index in [0.717, 1.165) is 12.1 Å². The van der Waals surface area contributed by atoms with E-state index in [4.69, 9.17) is 27.5 Å². The van der Waals surface area contributed by atoms with Gasteiger partial charge in [-0.3, -0.25) is 0 Å². The Kier molecular flexibility index (Phi) is 2.62. The lowest BCUT2D eigenvalue weighted by Gasteiger charge is -2.05. The molecule has 0 heterocycles. The zero-order valence-electron chi connectivity index (χ0n) is 6.82. The van der Waals surface area contributed by atoms with Gasteiger partial charge in [0.25, 0.3) is 0 Å². The monoisotopic (exact) mass is 215 g/mol. The lowest BCUT2D eigenvalue weighted by molar-refractivity contribution is 0.0696. The summed E-state index contributed by atoms with van der Waals surface area (Å²) in [5, 5.41) is 17.4. The molecule has 4 N–H and O–H groups in total. The Bertz CT molecular complexity index is 381. The number of hydrogen-bond donors (Lipinski definition) is 3. The van der Waals surface area contributed by atoms with Gasteiger partial charge in [0.2, 0.25) is 0 Å². The maximum Gasteiger partial charge on any atom is 0.337 e. The molecular weight excluding hydrogens is 210 g/mol. The van der Waals surface area contributed by atoms with E-state index in [0.29, 0.717) is 0 Å². The Morgan fingerprint density at radius 1 is 1.14 bits per heavy atom. The molecule has 0 spiro atoms. The summed E-state index contributed by atoms with van der Waals surface area (Å²) in [6.45, 7) is 0. The number of nitrogen functional groups attached to an aromatic ring is 1. The third kappa shape index (κ3) is 1.77. The van der Waals surface area contributed by atoms with Gasteiger partial charge in [-0.05, 0) is 12.1 Å². The van der Waals surface area contributed by atoms with Gasteiger partial charge in [-0.1, -0.05) is 11.6 Å². The van der Waals surface area contributed by atoms with Crippen molar-refractivity contribution in [1.82, 2.24) is 0 Å². The van der Waals surface area contributed by atoms with Crippen molar-refractivity contribution < 1.29 is 19.8 Å². The molecule has 0 unspecified atom stereocenters. The van der Waals surface area contributed by atoms with E-state index < -0.39 is 11.9 Å². The molecule has 0 saturated heterocycles. The third-order valence-corrected chi connectivity index (χ3v) is 1.82. The first kappa shape index (κ1) is 10.3. The molecule has 5 nitrogen and oxygen atoms in total. The van der Waals surface area contributed by atoms with Crippen LogP contribution in [-0.4, -0.2) is 22.2 Å².